The highest BCUT2D eigenvalue weighted by atomic mass is 16.4. The number of rotatable bonds is 10. The monoisotopic (exact) mass is 546 g/mol. The summed E-state index contributed by atoms with van der Waals surface area (Å²) >= 11 is 0. The van der Waals surface area contributed by atoms with E-state index in [-0.39, 0.29) is 18.6 Å². The molecule has 4 unspecified atom stereocenters. The number of hydrogen-bond donors (Lipinski definition) is 9. The third kappa shape index (κ3) is 36.9. The molecule has 0 fully saturated rings. The molecule has 37 heavy (non-hydrogen) atoms. The molecule has 0 aliphatic heterocycles. The number of aliphatic carboxylic acids is 5. The average molecular weight is 546 g/mol. The molecule has 0 radical (unpaired) electrons. The van der Waals surface area contributed by atoms with Crippen molar-refractivity contribution in [3.63, 3.8) is 0 Å². The second kappa shape index (κ2) is 25.3. The van der Waals surface area contributed by atoms with E-state index in [1.807, 2.05) is 0 Å². The molecule has 17 heteroatoms. The molecule has 0 heterocycles. The van der Waals surface area contributed by atoms with Crippen LogP contribution in [0.2, 0.25) is 0 Å². The Kier molecular flexibility index (Phi) is 29.6. The third-order valence-electron chi connectivity index (χ3n) is 3.07. The van der Waals surface area contributed by atoms with E-state index >= 15 is 0 Å². The molecule has 0 aromatic rings. The van der Waals surface area contributed by atoms with E-state index in [0.717, 1.165) is 13.8 Å². The zero-order valence-electron chi connectivity index (χ0n) is 20.7. The smallest absolute Gasteiger partial charge is 0.371 e. The fourth-order valence-electron chi connectivity index (χ4n) is 0.765. The molecule has 216 valence electrons. The first-order valence-electron chi connectivity index (χ1n) is 9.85. The van der Waals surface area contributed by atoms with Crippen molar-refractivity contribution in [2.45, 2.75) is 59.4 Å². The number of ketones is 2. The maximum absolute atomic E-state index is 9.97. The molecule has 9 N–H and O–H groups in total. The Hall–Kier alpha value is -3.80. The molecule has 0 aromatic heterocycles. The normalized spacial score (nSPS) is 12.3. The van der Waals surface area contributed by atoms with Gasteiger partial charge in [-0.1, -0.05) is 20.8 Å². The van der Waals surface area contributed by atoms with Gasteiger partial charge in [0, 0.05) is 13.8 Å². The molecule has 0 aliphatic carbocycles. The van der Waals surface area contributed by atoms with Crippen LogP contribution >= 0.6 is 0 Å². The summed E-state index contributed by atoms with van der Waals surface area (Å²) in [5.74, 6) is -8.32. The van der Waals surface area contributed by atoms with Crippen LogP contribution in [0.1, 0.15) is 41.0 Å². The zero-order valence-corrected chi connectivity index (χ0v) is 20.7. The van der Waals surface area contributed by atoms with Crippen LogP contribution in [0.5, 0.6) is 0 Å². The van der Waals surface area contributed by atoms with E-state index in [1.165, 1.54) is 6.92 Å². The van der Waals surface area contributed by atoms with Crippen LogP contribution in [-0.2, 0) is 38.4 Å². The molecule has 17 nitrogen and oxygen atoms in total. The van der Waals surface area contributed by atoms with Crippen LogP contribution in [0.15, 0.2) is 0 Å². The van der Waals surface area contributed by atoms with E-state index in [4.69, 9.17) is 46.0 Å². The van der Waals surface area contributed by atoms with Gasteiger partial charge in [-0.25, -0.2) is 9.59 Å². The van der Waals surface area contributed by atoms with Gasteiger partial charge in [0.15, 0.2) is 6.29 Å². The molecular formula is C20H34O17. The minimum absolute atomic E-state index is 0.0869. The number of carboxylic acid groups (broad SMARTS) is 5. The second-order valence-electron chi connectivity index (χ2n) is 6.92. The number of carbonyl (C=O) groups excluding carboxylic acids is 3. The number of hydrogen-bond acceptors (Lipinski definition) is 12. The van der Waals surface area contributed by atoms with Crippen molar-refractivity contribution in [2.24, 2.45) is 11.8 Å². The summed E-state index contributed by atoms with van der Waals surface area (Å²) in [5.41, 5.74) is 0. The van der Waals surface area contributed by atoms with Gasteiger partial charge in [0.25, 0.3) is 0 Å². The van der Waals surface area contributed by atoms with Gasteiger partial charge in [-0.15, -0.1) is 0 Å². The predicted molar refractivity (Wildman–Crippen MR) is 119 cm³/mol. The number of carboxylic acids is 5. The van der Waals surface area contributed by atoms with Crippen LogP contribution in [-0.4, -0.2) is 119 Å². The van der Waals surface area contributed by atoms with Crippen molar-refractivity contribution in [3.05, 3.63) is 0 Å². The van der Waals surface area contributed by atoms with Crippen molar-refractivity contribution in [3.8, 4) is 0 Å². The van der Waals surface area contributed by atoms with Crippen molar-refractivity contribution in [1.82, 2.24) is 0 Å². The largest absolute Gasteiger partial charge is 0.481 e. The van der Waals surface area contributed by atoms with E-state index in [0.29, 0.717) is 0 Å². The Bertz CT molecular complexity index is 695. The lowest BCUT2D eigenvalue weighted by molar-refractivity contribution is -0.148. The quantitative estimate of drug-likeness (QED) is 0.101. The fourth-order valence-corrected chi connectivity index (χ4v) is 0.765. The molecule has 0 saturated carbocycles. The van der Waals surface area contributed by atoms with Crippen LogP contribution in [0.25, 0.3) is 0 Å². The molecule has 0 spiro atoms. The minimum atomic E-state index is -1.64. The summed E-state index contributed by atoms with van der Waals surface area (Å²) in [6.07, 6.45) is -4.94. The van der Waals surface area contributed by atoms with Crippen molar-refractivity contribution in [1.29, 1.82) is 0 Å². The molecular weight excluding hydrogens is 512 g/mol. The Morgan fingerprint density at radius 2 is 1.00 bits per heavy atom. The number of aldehydes is 1. The SMILES string of the molecule is CC(=O)C(=O)O.CC(=O)C(=O)O.CC(C)C(=O)O.CC(CC(=O)O)C(=O)O.O=CC(O)C(O)C(O)CO. The number of carbonyl (C=O) groups is 8. The van der Waals surface area contributed by atoms with Crippen molar-refractivity contribution in [2.75, 3.05) is 6.61 Å². The number of aliphatic hydroxyl groups is 4. The van der Waals surface area contributed by atoms with Crippen molar-refractivity contribution >= 4 is 47.7 Å². The fraction of sp³-hybridized carbons (Fsp3) is 0.600. The van der Waals surface area contributed by atoms with E-state index in [1.54, 1.807) is 13.8 Å². The van der Waals surface area contributed by atoms with E-state index < -0.39 is 72.2 Å². The Labute approximate surface area is 210 Å². The molecule has 0 bridgehead atoms. The van der Waals surface area contributed by atoms with Crippen LogP contribution in [0.3, 0.4) is 0 Å². The van der Waals surface area contributed by atoms with Gasteiger partial charge in [0.2, 0.25) is 11.6 Å². The van der Waals surface area contributed by atoms with Crippen molar-refractivity contribution < 1.29 is 84.3 Å². The topological polar surface area (TPSA) is 319 Å². The van der Waals surface area contributed by atoms with Gasteiger partial charge >= 0.3 is 29.8 Å². The average Bonchev–Trinajstić information content (AvgIpc) is 2.78. The summed E-state index contributed by atoms with van der Waals surface area (Å²) in [7, 11) is 0. The van der Waals surface area contributed by atoms with Gasteiger partial charge in [-0.2, -0.15) is 0 Å². The molecule has 0 aliphatic rings. The van der Waals surface area contributed by atoms with Crippen LogP contribution in [0, 0.1) is 11.8 Å². The summed E-state index contributed by atoms with van der Waals surface area (Å²) < 4.78 is 0. The minimum Gasteiger partial charge on any atom is -0.481 e. The molecule has 0 saturated heterocycles. The number of Topliss-reactive ketones (excluding diaryl/α,β-unsaturated/α-hetero) is 2. The maximum Gasteiger partial charge on any atom is 0.371 e. The van der Waals surface area contributed by atoms with Gasteiger partial charge < -0.3 is 50.8 Å². The van der Waals surface area contributed by atoms with Gasteiger partial charge in [-0.3, -0.25) is 24.0 Å². The Morgan fingerprint density at radius 1 is 0.703 bits per heavy atom. The number of aliphatic hydroxyl groups excluding tert-OH is 4. The predicted octanol–water partition coefficient (Wildman–Crippen LogP) is -2.51. The highest BCUT2D eigenvalue weighted by Crippen LogP contribution is 2.00. The second-order valence-corrected chi connectivity index (χ2v) is 6.92. The first kappa shape index (κ1) is 43.3. The third-order valence-corrected chi connectivity index (χ3v) is 3.07. The van der Waals surface area contributed by atoms with Crippen LogP contribution in [0.4, 0.5) is 0 Å². The first-order valence-corrected chi connectivity index (χ1v) is 9.85. The maximum atomic E-state index is 9.97. The van der Waals surface area contributed by atoms with E-state index in [2.05, 4.69) is 0 Å². The Morgan fingerprint density at radius 3 is 1.11 bits per heavy atom. The highest BCUT2D eigenvalue weighted by Gasteiger charge is 2.22. The van der Waals surface area contributed by atoms with Gasteiger partial charge in [-0.05, 0) is 0 Å². The summed E-state index contributed by atoms with van der Waals surface area (Å²) in [5, 5.41) is 73.6. The lowest BCUT2D eigenvalue weighted by atomic mass is 10.1. The van der Waals surface area contributed by atoms with Gasteiger partial charge in [0.05, 0.1) is 24.9 Å². The van der Waals surface area contributed by atoms with Gasteiger partial charge in [0.1, 0.15) is 18.3 Å². The molecule has 4 atom stereocenters. The zero-order chi connectivity index (χ0) is 31.0. The summed E-state index contributed by atoms with van der Waals surface area (Å²) in [4.78, 5) is 77.1. The first-order chi connectivity index (χ1) is 16.6. The lowest BCUT2D eigenvalue weighted by Gasteiger charge is -2.16. The molecule has 0 aromatic carbocycles. The molecule has 0 rings (SSSR count). The highest BCUT2D eigenvalue weighted by molar-refractivity contribution is 6.31. The molecule has 0 amide bonds. The van der Waals surface area contributed by atoms with E-state index in [9.17, 15) is 38.4 Å². The lowest BCUT2D eigenvalue weighted by Crippen LogP contribution is -2.40. The summed E-state index contributed by atoms with van der Waals surface area (Å²) in [6, 6.07) is 0. The Balaban J connectivity index is -0.000000118. The summed E-state index contributed by atoms with van der Waals surface area (Å²) in [6.45, 7) is 5.96. The van der Waals surface area contributed by atoms with Crippen LogP contribution < -0.4 is 0 Å². The standard InChI is InChI=1S/C5H10O5.C5H8O4.C4H8O2.2C3H4O3/c6-1-3(8)5(10)4(9)2-7;1-3(5(8)9)2-4(6)7;1-3(2)4(5)6;2*1-2(4)3(5)6/h1,3-5,7-10H,2H2;3H,2H2,1H3,(H,6,7)(H,8,9);3H,1-2H3,(H,5,6);2*1H3,(H,5,6).